The van der Waals surface area contributed by atoms with Crippen LogP contribution >= 0.6 is 0 Å². The van der Waals surface area contributed by atoms with E-state index < -0.39 is 6.61 Å². The molecule has 1 aliphatic heterocycles. The van der Waals surface area contributed by atoms with Crippen LogP contribution in [0.25, 0.3) is 11.1 Å². The highest BCUT2D eigenvalue weighted by Gasteiger charge is 2.42. The lowest BCUT2D eigenvalue weighted by Gasteiger charge is -2.26. The summed E-state index contributed by atoms with van der Waals surface area (Å²) >= 11 is 0. The van der Waals surface area contributed by atoms with Crippen molar-refractivity contribution in [2.45, 2.75) is 19.5 Å². The molecule has 0 bridgehead atoms. The summed E-state index contributed by atoms with van der Waals surface area (Å²) in [6.45, 7) is -1.39. The highest BCUT2D eigenvalue weighted by molar-refractivity contribution is 5.91. The van der Waals surface area contributed by atoms with Gasteiger partial charge in [0.25, 0.3) is 0 Å². The molecule has 1 heterocycles. The summed E-state index contributed by atoms with van der Waals surface area (Å²) in [4.78, 5) is 14.4. The van der Waals surface area contributed by atoms with Gasteiger partial charge in [-0.1, -0.05) is 12.1 Å². The van der Waals surface area contributed by atoms with Crippen LogP contribution in [0.3, 0.4) is 0 Å². The van der Waals surface area contributed by atoms with Crippen molar-refractivity contribution in [3.8, 4) is 22.6 Å². The van der Waals surface area contributed by atoms with Crippen molar-refractivity contribution in [2.24, 2.45) is 11.8 Å². The van der Waals surface area contributed by atoms with Crippen molar-refractivity contribution in [3.05, 3.63) is 42.5 Å². The molecule has 0 spiro atoms. The molecule has 28 heavy (non-hydrogen) atoms. The number of urea groups is 1. The van der Waals surface area contributed by atoms with Gasteiger partial charge in [0.1, 0.15) is 11.5 Å². The van der Waals surface area contributed by atoms with Crippen molar-refractivity contribution in [3.63, 3.8) is 0 Å². The van der Waals surface area contributed by atoms with Crippen LogP contribution in [-0.2, 0) is 0 Å². The van der Waals surface area contributed by atoms with Gasteiger partial charge in [0.2, 0.25) is 0 Å². The number of carbonyl (C=O) groups excluding carboxylic acids is 1. The number of hydrogen-bond donors (Lipinski definition) is 1. The Kier molecular flexibility index (Phi) is 5.07. The maximum atomic E-state index is 12.8. The van der Waals surface area contributed by atoms with Crippen LogP contribution in [0.4, 0.5) is 19.3 Å². The third-order valence-corrected chi connectivity index (χ3v) is 5.43. The largest absolute Gasteiger partial charge is 0.497 e. The van der Waals surface area contributed by atoms with E-state index in [-0.39, 0.29) is 11.8 Å². The first-order valence-corrected chi connectivity index (χ1v) is 9.32. The standard InChI is InChI=1S/C21H22F2N2O3/c1-27-17-5-2-13(3-6-17)18-11-16(4-7-19(18)28-20(22)23)24-21(26)25-9-8-14-10-15(14)12-25/h2-7,11,14-15,20H,8-10,12H2,1H3,(H,24,26). The van der Waals surface area contributed by atoms with Crippen LogP contribution < -0.4 is 14.8 Å². The molecule has 0 aromatic heterocycles. The first-order valence-electron chi connectivity index (χ1n) is 9.32. The Hall–Kier alpha value is -2.83. The number of methoxy groups -OCH3 is 1. The first kappa shape index (κ1) is 18.5. The number of likely N-dealkylation sites (tertiary alicyclic amines) is 1. The summed E-state index contributed by atoms with van der Waals surface area (Å²) in [5.74, 6) is 2.14. The second-order valence-electron chi connectivity index (χ2n) is 7.24. The molecule has 2 atom stereocenters. The van der Waals surface area contributed by atoms with Crippen molar-refractivity contribution in [2.75, 3.05) is 25.5 Å². The smallest absolute Gasteiger partial charge is 0.387 e. The third kappa shape index (κ3) is 4.03. The Bertz CT molecular complexity index is 857. The fourth-order valence-corrected chi connectivity index (χ4v) is 3.77. The number of fused-ring (bicyclic) bond motifs is 1. The number of ether oxygens (including phenoxy) is 2. The second kappa shape index (κ2) is 7.66. The molecule has 5 nitrogen and oxygen atoms in total. The van der Waals surface area contributed by atoms with Gasteiger partial charge in [0.05, 0.1) is 7.11 Å². The van der Waals surface area contributed by atoms with E-state index in [4.69, 9.17) is 4.74 Å². The van der Waals surface area contributed by atoms with Crippen LogP contribution in [0.5, 0.6) is 11.5 Å². The zero-order valence-electron chi connectivity index (χ0n) is 15.5. The van der Waals surface area contributed by atoms with Crippen molar-refractivity contribution >= 4 is 11.7 Å². The van der Waals surface area contributed by atoms with E-state index >= 15 is 0 Å². The number of benzene rings is 2. The number of halogens is 2. The molecule has 1 aliphatic carbocycles. The van der Waals surface area contributed by atoms with Crippen molar-refractivity contribution in [1.82, 2.24) is 4.90 Å². The average Bonchev–Trinajstić information content (AvgIpc) is 3.47. The fraction of sp³-hybridized carbons (Fsp3) is 0.381. The van der Waals surface area contributed by atoms with Crippen LogP contribution in [0.15, 0.2) is 42.5 Å². The second-order valence-corrected chi connectivity index (χ2v) is 7.24. The summed E-state index contributed by atoms with van der Waals surface area (Å²) < 4.78 is 35.4. The van der Waals surface area contributed by atoms with Gasteiger partial charge in [0, 0.05) is 24.3 Å². The van der Waals surface area contributed by atoms with E-state index in [1.165, 1.54) is 12.5 Å². The van der Waals surface area contributed by atoms with Crippen LogP contribution in [0.1, 0.15) is 12.8 Å². The molecular weight excluding hydrogens is 366 g/mol. The molecule has 2 aliphatic rings. The van der Waals surface area contributed by atoms with Gasteiger partial charge < -0.3 is 19.7 Å². The Morgan fingerprint density at radius 2 is 1.96 bits per heavy atom. The molecule has 2 aromatic rings. The Morgan fingerprint density at radius 3 is 2.64 bits per heavy atom. The zero-order valence-corrected chi connectivity index (χ0v) is 15.5. The molecule has 7 heteroatoms. The number of alkyl halides is 2. The van der Waals surface area contributed by atoms with Crippen molar-refractivity contribution < 1.29 is 23.0 Å². The quantitative estimate of drug-likeness (QED) is 0.798. The number of amides is 2. The number of nitrogens with zero attached hydrogens (tertiary/aromatic N) is 1. The third-order valence-electron chi connectivity index (χ3n) is 5.43. The summed E-state index contributed by atoms with van der Waals surface area (Å²) in [6, 6.07) is 11.5. The van der Waals surface area contributed by atoms with Gasteiger partial charge in [-0.25, -0.2) is 4.79 Å². The molecule has 2 aromatic carbocycles. The Morgan fingerprint density at radius 1 is 1.18 bits per heavy atom. The molecule has 1 N–H and O–H groups in total. The Balaban J connectivity index is 1.56. The molecule has 4 rings (SSSR count). The minimum absolute atomic E-state index is 0.0527. The molecule has 1 saturated heterocycles. The van der Waals surface area contributed by atoms with E-state index in [0.29, 0.717) is 28.5 Å². The number of anilines is 1. The minimum atomic E-state index is -2.93. The van der Waals surface area contributed by atoms with Crippen LogP contribution in [0, 0.1) is 11.8 Å². The van der Waals surface area contributed by atoms with Gasteiger partial charge in [-0.15, -0.1) is 0 Å². The molecule has 1 saturated carbocycles. The summed E-state index contributed by atoms with van der Waals surface area (Å²) in [6.07, 6.45) is 2.27. The lowest BCUT2D eigenvalue weighted by atomic mass is 10.0. The molecule has 148 valence electrons. The van der Waals surface area contributed by atoms with Crippen LogP contribution in [-0.4, -0.2) is 37.7 Å². The van der Waals surface area contributed by atoms with Crippen LogP contribution in [0.2, 0.25) is 0 Å². The van der Waals surface area contributed by atoms with Gasteiger partial charge in [-0.2, -0.15) is 8.78 Å². The van der Waals surface area contributed by atoms with E-state index in [1.54, 1.807) is 43.5 Å². The number of rotatable bonds is 5. The summed E-state index contributed by atoms with van der Waals surface area (Å²) in [5.41, 5.74) is 1.70. The van der Waals surface area contributed by atoms with E-state index in [1.807, 2.05) is 4.90 Å². The summed E-state index contributed by atoms with van der Waals surface area (Å²) in [7, 11) is 1.56. The molecule has 2 unspecified atom stereocenters. The van der Waals surface area contributed by atoms with Crippen molar-refractivity contribution in [1.29, 1.82) is 0 Å². The monoisotopic (exact) mass is 388 g/mol. The lowest BCUT2D eigenvalue weighted by molar-refractivity contribution is -0.0494. The molecule has 0 radical (unpaired) electrons. The van der Waals surface area contributed by atoms with Gasteiger partial charge in [-0.05, 0) is 60.6 Å². The molecular formula is C21H22F2N2O3. The number of nitrogens with one attached hydrogen (secondary N) is 1. The highest BCUT2D eigenvalue weighted by Crippen LogP contribution is 2.45. The predicted octanol–water partition coefficient (Wildman–Crippen LogP) is 4.84. The number of piperidine rings is 1. The molecule has 2 amide bonds. The first-order chi connectivity index (χ1) is 13.5. The number of hydrogen-bond acceptors (Lipinski definition) is 3. The normalized spacial score (nSPS) is 20.5. The SMILES string of the molecule is COc1ccc(-c2cc(NC(=O)N3CCC4CC4C3)ccc2OC(F)F)cc1. The van der Waals surface area contributed by atoms with Gasteiger partial charge >= 0.3 is 12.6 Å². The lowest BCUT2D eigenvalue weighted by Crippen LogP contribution is -2.39. The summed E-state index contributed by atoms with van der Waals surface area (Å²) in [5, 5.41) is 2.88. The van der Waals surface area contributed by atoms with Gasteiger partial charge in [-0.3, -0.25) is 0 Å². The topological polar surface area (TPSA) is 50.8 Å². The van der Waals surface area contributed by atoms with E-state index in [0.717, 1.165) is 25.4 Å². The maximum absolute atomic E-state index is 12.8. The van der Waals surface area contributed by atoms with E-state index in [2.05, 4.69) is 10.1 Å². The molecule has 2 fully saturated rings. The fourth-order valence-electron chi connectivity index (χ4n) is 3.77. The Labute approximate surface area is 162 Å². The van der Waals surface area contributed by atoms with Gasteiger partial charge in [0.15, 0.2) is 0 Å². The van der Waals surface area contributed by atoms with E-state index in [9.17, 15) is 13.6 Å². The number of carbonyl (C=O) groups is 1. The zero-order chi connectivity index (χ0) is 19.7. The minimum Gasteiger partial charge on any atom is -0.497 e. The highest BCUT2D eigenvalue weighted by atomic mass is 19.3. The predicted molar refractivity (Wildman–Crippen MR) is 102 cm³/mol. The maximum Gasteiger partial charge on any atom is 0.387 e. The average molecular weight is 388 g/mol.